The zero-order chi connectivity index (χ0) is 13.9. The Morgan fingerprint density at radius 1 is 1.10 bits per heavy atom. The van der Waals surface area contributed by atoms with E-state index in [9.17, 15) is 9.59 Å². The van der Waals surface area contributed by atoms with E-state index in [4.69, 9.17) is 9.84 Å². The van der Waals surface area contributed by atoms with Crippen molar-refractivity contribution >= 4 is 11.9 Å². The Kier molecular flexibility index (Phi) is 2.81. The molecule has 1 aliphatic heterocycles. The number of carbonyl (C=O) groups is 2. The van der Waals surface area contributed by atoms with Gasteiger partial charge in [-0.05, 0) is 49.4 Å². The zero-order valence-electron chi connectivity index (χ0n) is 11.5. The van der Waals surface area contributed by atoms with E-state index in [1.165, 1.54) is 12.8 Å². The first-order chi connectivity index (χ1) is 9.65. The van der Waals surface area contributed by atoms with E-state index in [1.54, 1.807) is 0 Å². The Balaban J connectivity index is 1.29. The Bertz CT molecular complexity index is 451. The van der Waals surface area contributed by atoms with Crippen molar-refractivity contribution in [2.24, 2.45) is 29.6 Å². The lowest BCUT2D eigenvalue weighted by Gasteiger charge is -2.16. The molecule has 2 N–H and O–H groups in total. The van der Waals surface area contributed by atoms with Gasteiger partial charge in [0.2, 0.25) is 5.91 Å². The summed E-state index contributed by atoms with van der Waals surface area (Å²) in [7, 11) is 0. The van der Waals surface area contributed by atoms with Crippen molar-refractivity contribution in [2.45, 2.75) is 44.2 Å². The molecule has 0 aromatic rings. The van der Waals surface area contributed by atoms with Gasteiger partial charge in [0.05, 0.1) is 12.5 Å². The molecule has 0 unspecified atom stereocenters. The molecule has 1 saturated heterocycles. The van der Waals surface area contributed by atoms with Crippen LogP contribution in [0.25, 0.3) is 0 Å². The lowest BCUT2D eigenvalue weighted by atomic mass is 9.94. The van der Waals surface area contributed by atoms with E-state index in [0.29, 0.717) is 23.7 Å². The van der Waals surface area contributed by atoms with Gasteiger partial charge in [-0.25, -0.2) is 0 Å². The van der Waals surface area contributed by atoms with Crippen LogP contribution in [0, 0.1) is 29.6 Å². The molecule has 0 bridgehead atoms. The number of rotatable bonds is 4. The third kappa shape index (κ3) is 2.03. The summed E-state index contributed by atoms with van der Waals surface area (Å²) < 4.78 is 5.67. The molecule has 0 spiro atoms. The average Bonchev–Trinajstić information content (AvgIpc) is 3.23. The molecule has 4 aliphatic rings. The molecule has 110 valence electrons. The summed E-state index contributed by atoms with van der Waals surface area (Å²) in [5.41, 5.74) is 0. The van der Waals surface area contributed by atoms with Crippen LogP contribution in [-0.4, -0.2) is 35.7 Å². The molecule has 5 heteroatoms. The van der Waals surface area contributed by atoms with Crippen molar-refractivity contribution in [1.82, 2.24) is 5.32 Å². The van der Waals surface area contributed by atoms with Gasteiger partial charge in [0.1, 0.15) is 6.10 Å². The number of carboxylic acids is 1. The van der Waals surface area contributed by atoms with Crippen molar-refractivity contribution in [1.29, 1.82) is 0 Å². The number of carboxylic acid groups (broad SMARTS) is 1. The fourth-order valence-corrected chi connectivity index (χ4v) is 4.38. The molecule has 0 aromatic heterocycles. The Hall–Kier alpha value is -1.10. The molecule has 4 fully saturated rings. The fourth-order valence-electron chi connectivity index (χ4n) is 4.38. The van der Waals surface area contributed by atoms with Gasteiger partial charge in [0.25, 0.3) is 0 Å². The lowest BCUT2D eigenvalue weighted by molar-refractivity contribution is -0.138. The number of ether oxygens (including phenoxy) is 1. The van der Waals surface area contributed by atoms with Crippen LogP contribution >= 0.6 is 0 Å². The van der Waals surface area contributed by atoms with Gasteiger partial charge >= 0.3 is 5.97 Å². The maximum atomic E-state index is 12.3. The molecule has 3 saturated carbocycles. The summed E-state index contributed by atoms with van der Waals surface area (Å²) in [4.78, 5) is 23.1. The van der Waals surface area contributed by atoms with Crippen LogP contribution in [0.2, 0.25) is 0 Å². The van der Waals surface area contributed by atoms with Crippen molar-refractivity contribution in [3.63, 3.8) is 0 Å². The second-order valence-electron chi connectivity index (χ2n) is 6.97. The van der Waals surface area contributed by atoms with Gasteiger partial charge < -0.3 is 15.2 Å². The van der Waals surface area contributed by atoms with Gasteiger partial charge in [-0.15, -0.1) is 0 Å². The van der Waals surface area contributed by atoms with Gasteiger partial charge in [0, 0.05) is 6.04 Å². The number of nitrogens with one attached hydrogen (secondary N) is 1. The summed E-state index contributed by atoms with van der Waals surface area (Å²) in [5.74, 6) is 0.881. The molecular weight excluding hydrogens is 258 g/mol. The first-order valence-corrected chi connectivity index (χ1v) is 7.80. The highest BCUT2D eigenvalue weighted by molar-refractivity contribution is 5.82. The number of amides is 1. The maximum absolute atomic E-state index is 12.3. The predicted octanol–water partition coefficient (Wildman–Crippen LogP) is 1.03. The fraction of sp³-hybridized carbons (Fsp3) is 0.867. The van der Waals surface area contributed by atoms with Gasteiger partial charge in [-0.1, -0.05) is 6.42 Å². The topological polar surface area (TPSA) is 75.6 Å². The van der Waals surface area contributed by atoms with Gasteiger partial charge in [-0.3, -0.25) is 9.59 Å². The van der Waals surface area contributed by atoms with Crippen LogP contribution in [0.5, 0.6) is 0 Å². The van der Waals surface area contributed by atoms with E-state index in [0.717, 1.165) is 25.9 Å². The first-order valence-electron chi connectivity index (χ1n) is 7.80. The molecule has 4 rings (SSSR count). The highest BCUT2D eigenvalue weighted by Crippen LogP contribution is 2.54. The largest absolute Gasteiger partial charge is 0.481 e. The summed E-state index contributed by atoms with van der Waals surface area (Å²) in [6.45, 7) is 0.737. The molecule has 1 heterocycles. The van der Waals surface area contributed by atoms with E-state index in [1.807, 2.05) is 0 Å². The standard InChI is InChI=1S/C15H21NO4/c17-14(13-8-3-1-2-7(8)6-20-13)16-12-5-10(12)9-4-11(9)15(18)19/h7-13H,1-6H2,(H,16,17)(H,18,19)/t7-,8-,9+,10-,11+,12-,13+/m0/s1. The molecule has 1 amide bonds. The average molecular weight is 279 g/mol. The second kappa shape index (κ2) is 4.45. The molecular formula is C15H21NO4. The molecule has 0 aromatic carbocycles. The number of hydrogen-bond donors (Lipinski definition) is 2. The Morgan fingerprint density at radius 2 is 1.95 bits per heavy atom. The molecule has 0 radical (unpaired) electrons. The zero-order valence-corrected chi connectivity index (χ0v) is 11.5. The van der Waals surface area contributed by atoms with Crippen molar-refractivity contribution < 1.29 is 19.4 Å². The van der Waals surface area contributed by atoms with E-state index >= 15 is 0 Å². The van der Waals surface area contributed by atoms with Crippen molar-refractivity contribution in [3.05, 3.63) is 0 Å². The van der Waals surface area contributed by atoms with Crippen LogP contribution in [0.1, 0.15) is 32.1 Å². The number of carbonyl (C=O) groups excluding carboxylic acids is 1. The minimum atomic E-state index is -0.681. The summed E-state index contributed by atoms with van der Waals surface area (Å²) in [6.07, 6.45) is 5.01. The third-order valence-corrected chi connectivity index (χ3v) is 5.73. The predicted molar refractivity (Wildman–Crippen MR) is 69.8 cm³/mol. The van der Waals surface area contributed by atoms with Crippen molar-refractivity contribution in [3.8, 4) is 0 Å². The molecule has 7 atom stereocenters. The van der Waals surface area contributed by atoms with Crippen molar-refractivity contribution in [2.75, 3.05) is 6.61 Å². The van der Waals surface area contributed by atoms with Crippen LogP contribution in [0.4, 0.5) is 0 Å². The highest BCUT2D eigenvalue weighted by Gasteiger charge is 2.57. The monoisotopic (exact) mass is 279 g/mol. The first kappa shape index (κ1) is 12.6. The molecule has 5 nitrogen and oxygen atoms in total. The summed E-state index contributed by atoms with van der Waals surface area (Å²) in [6, 6.07) is 0.195. The SMILES string of the molecule is O=C(O)[C@@H]1C[C@@H]1[C@@H]1C[C@@H]1NC(=O)[C@@H]1OC[C@@H]2CCC[C@@H]21. The normalized spacial score (nSPS) is 48.7. The van der Waals surface area contributed by atoms with E-state index < -0.39 is 5.97 Å². The summed E-state index contributed by atoms with van der Waals surface area (Å²) in [5, 5.41) is 12.0. The molecule has 20 heavy (non-hydrogen) atoms. The number of hydrogen-bond acceptors (Lipinski definition) is 3. The number of fused-ring (bicyclic) bond motifs is 1. The summed E-state index contributed by atoms with van der Waals surface area (Å²) >= 11 is 0. The van der Waals surface area contributed by atoms with Gasteiger partial charge in [0.15, 0.2) is 0 Å². The highest BCUT2D eigenvalue weighted by atomic mass is 16.5. The Labute approximate surface area is 118 Å². The third-order valence-electron chi connectivity index (χ3n) is 5.73. The van der Waals surface area contributed by atoms with Crippen LogP contribution in [0.15, 0.2) is 0 Å². The molecule has 3 aliphatic carbocycles. The van der Waals surface area contributed by atoms with Gasteiger partial charge in [-0.2, -0.15) is 0 Å². The number of aliphatic carboxylic acids is 1. The van der Waals surface area contributed by atoms with E-state index in [2.05, 4.69) is 5.32 Å². The smallest absolute Gasteiger partial charge is 0.306 e. The van der Waals surface area contributed by atoms with Crippen LogP contribution in [0.3, 0.4) is 0 Å². The van der Waals surface area contributed by atoms with Crippen LogP contribution in [-0.2, 0) is 14.3 Å². The minimum absolute atomic E-state index is 0.0411. The second-order valence-corrected chi connectivity index (χ2v) is 6.97. The maximum Gasteiger partial charge on any atom is 0.306 e. The quantitative estimate of drug-likeness (QED) is 0.806. The van der Waals surface area contributed by atoms with E-state index in [-0.39, 0.29) is 24.0 Å². The lowest BCUT2D eigenvalue weighted by Crippen LogP contribution is -2.39. The van der Waals surface area contributed by atoms with Crippen LogP contribution < -0.4 is 5.32 Å². The minimum Gasteiger partial charge on any atom is -0.481 e. The Morgan fingerprint density at radius 3 is 2.70 bits per heavy atom.